The molecule has 0 fully saturated rings. The van der Waals surface area contributed by atoms with Gasteiger partial charge in [-0.1, -0.05) is 0 Å². The van der Waals surface area contributed by atoms with Gasteiger partial charge in [-0.3, -0.25) is 4.79 Å². The van der Waals surface area contributed by atoms with E-state index in [1.165, 1.54) is 31.4 Å². The molecular weight excluding hydrogens is 320 g/mol. The molecule has 8 heteroatoms. The van der Waals surface area contributed by atoms with Crippen molar-refractivity contribution in [3.63, 3.8) is 0 Å². The van der Waals surface area contributed by atoms with E-state index in [0.717, 1.165) is 0 Å². The highest BCUT2D eigenvalue weighted by Gasteiger charge is 2.14. The first-order chi connectivity index (χ1) is 10.9. The van der Waals surface area contributed by atoms with E-state index in [-0.39, 0.29) is 24.0 Å². The van der Waals surface area contributed by atoms with Gasteiger partial charge in [0.15, 0.2) is 6.61 Å². The molecule has 0 spiro atoms. The monoisotopic (exact) mass is 344 g/mol. The summed E-state index contributed by atoms with van der Waals surface area (Å²) in [5.74, 6) is 0.342. The summed E-state index contributed by atoms with van der Waals surface area (Å²) >= 11 is 0. The highest BCUT2D eigenvalue weighted by atomic mass is 32.2. The summed E-state index contributed by atoms with van der Waals surface area (Å²) in [4.78, 5) is 13.6. The van der Waals surface area contributed by atoms with Crippen molar-refractivity contribution >= 4 is 15.9 Å². The van der Waals surface area contributed by atoms with E-state index in [4.69, 9.17) is 9.47 Å². The van der Waals surface area contributed by atoms with Gasteiger partial charge in [0.05, 0.1) is 11.5 Å². The third-order valence-corrected chi connectivity index (χ3v) is 4.69. The predicted octanol–water partition coefficient (Wildman–Crippen LogP) is 0.858. The molecule has 1 aromatic rings. The lowest BCUT2D eigenvalue weighted by atomic mass is 10.3. The largest absolute Gasteiger partial charge is 0.484 e. The number of ether oxygens (including phenoxy) is 2. The Morgan fingerprint density at radius 2 is 1.78 bits per heavy atom. The summed E-state index contributed by atoms with van der Waals surface area (Å²) in [6.07, 6.45) is 0. The summed E-state index contributed by atoms with van der Waals surface area (Å²) in [6, 6.07) is 5.93. The minimum absolute atomic E-state index is 0.0696. The van der Waals surface area contributed by atoms with Gasteiger partial charge in [-0.2, -0.15) is 0 Å². The molecule has 7 nitrogen and oxygen atoms in total. The number of nitrogens with zero attached hydrogens (tertiary/aromatic N) is 1. The molecule has 0 saturated carbocycles. The van der Waals surface area contributed by atoms with Crippen LogP contribution >= 0.6 is 0 Å². The van der Waals surface area contributed by atoms with Gasteiger partial charge >= 0.3 is 0 Å². The second-order valence-corrected chi connectivity index (χ2v) is 6.48. The zero-order valence-corrected chi connectivity index (χ0v) is 14.6. The molecule has 1 N–H and O–H groups in total. The number of amides is 1. The van der Waals surface area contributed by atoms with Gasteiger partial charge < -0.3 is 14.4 Å². The zero-order valence-electron chi connectivity index (χ0n) is 13.7. The van der Waals surface area contributed by atoms with Crippen molar-refractivity contribution in [2.75, 3.05) is 40.0 Å². The van der Waals surface area contributed by atoms with Crippen molar-refractivity contribution < 1.29 is 22.7 Å². The number of methoxy groups -OCH3 is 1. The number of hydrogen-bond donors (Lipinski definition) is 1. The molecule has 0 aromatic heterocycles. The Balaban J connectivity index is 2.61. The maximum Gasteiger partial charge on any atom is 0.260 e. The Morgan fingerprint density at radius 3 is 2.30 bits per heavy atom. The lowest BCUT2D eigenvalue weighted by Gasteiger charge is -2.18. The van der Waals surface area contributed by atoms with Crippen LogP contribution in [0.2, 0.25) is 0 Å². The maximum absolute atomic E-state index is 12.0. The number of likely N-dealkylation sites (N-methyl/N-ethyl adjacent to an activating group) is 1. The average molecular weight is 344 g/mol. The molecule has 130 valence electrons. The normalized spacial score (nSPS) is 11.3. The highest BCUT2D eigenvalue weighted by Crippen LogP contribution is 2.16. The van der Waals surface area contributed by atoms with Crippen LogP contribution in [0.15, 0.2) is 29.2 Å². The Hall–Kier alpha value is -1.64. The Kier molecular flexibility index (Phi) is 8.01. The van der Waals surface area contributed by atoms with Crippen LogP contribution in [0.3, 0.4) is 0 Å². The molecule has 0 unspecified atom stereocenters. The van der Waals surface area contributed by atoms with Gasteiger partial charge in [0, 0.05) is 26.7 Å². The van der Waals surface area contributed by atoms with Gasteiger partial charge in [-0.05, 0) is 38.1 Å². The van der Waals surface area contributed by atoms with Crippen LogP contribution in [0.4, 0.5) is 0 Å². The third kappa shape index (κ3) is 6.17. The minimum Gasteiger partial charge on any atom is -0.484 e. The van der Waals surface area contributed by atoms with Crippen LogP contribution in [0.1, 0.15) is 13.8 Å². The second-order valence-electron chi connectivity index (χ2n) is 4.72. The van der Waals surface area contributed by atoms with Crippen molar-refractivity contribution in [2.24, 2.45) is 0 Å². The van der Waals surface area contributed by atoms with E-state index in [1.54, 1.807) is 4.90 Å². The molecule has 1 amide bonds. The van der Waals surface area contributed by atoms with Gasteiger partial charge in [0.2, 0.25) is 10.0 Å². The topological polar surface area (TPSA) is 84.9 Å². The van der Waals surface area contributed by atoms with E-state index in [1.807, 2.05) is 13.8 Å². The SMILES string of the molecule is CCN(CC)C(=O)COc1ccc(S(=O)(=O)NCCOC)cc1. The zero-order chi connectivity index (χ0) is 17.3. The first-order valence-corrected chi connectivity index (χ1v) is 8.92. The molecule has 1 rings (SSSR count). The van der Waals surface area contributed by atoms with E-state index in [2.05, 4.69) is 4.72 Å². The number of benzene rings is 1. The Labute approximate surface area is 137 Å². The van der Waals surface area contributed by atoms with Crippen LogP contribution in [0, 0.1) is 0 Å². The number of carbonyl (C=O) groups is 1. The molecule has 0 atom stereocenters. The van der Waals surface area contributed by atoms with Crippen molar-refractivity contribution in [3.8, 4) is 5.75 Å². The van der Waals surface area contributed by atoms with Gasteiger partial charge in [-0.25, -0.2) is 13.1 Å². The fourth-order valence-electron chi connectivity index (χ4n) is 1.89. The van der Waals surface area contributed by atoms with Crippen LogP contribution in [0.25, 0.3) is 0 Å². The lowest BCUT2D eigenvalue weighted by Crippen LogP contribution is -2.34. The van der Waals surface area contributed by atoms with Crippen molar-refractivity contribution in [3.05, 3.63) is 24.3 Å². The first-order valence-electron chi connectivity index (χ1n) is 7.43. The third-order valence-electron chi connectivity index (χ3n) is 3.21. The summed E-state index contributed by atoms with van der Waals surface area (Å²) in [6.45, 7) is 5.49. The summed E-state index contributed by atoms with van der Waals surface area (Å²) in [5, 5.41) is 0. The highest BCUT2D eigenvalue weighted by molar-refractivity contribution is 7.89. The fraction of sp³-hybridized carbons (Fsp3) is 0.533. The molecule has 0 bridgehead atoms. The molecule has 0 radical (unpaired) electrons. The molecule has 0 heterocycles. The molecule has 0 aliphatic rings. The van der Waals surface area contributed by atoms with Crippen LogP contribution in [0.5, 0.6) is 5.75 Å². The van der Waals surface area contributed by atoms with Crippen LogP contribution < -0.4 is 9.46 Å². The van der Waals surface area contributed by atoms with Crippen molar-refractivity contribution in [1.29, 1.82) is 0 Å². The molecule has 1 aromatic carbocycles. The summed E-state index contributed by atoms with van der Waals surface area (Å²) in [7, 11) is -2.06. The van der Waals surface area contributed by atoms with Gasteiger partial charge in [0.25, 0.3) is 5.91 Å². The summed E-state index contributed by atoms with van der Waals surface area (Å²) in [5.41, 5.74) is 0. The van der Waals surface area contributed by atoms with E-state index < -0.39 is 10.0 Å². The van der Waals surface area contributed by atoms with Crippen LogP contribution in [-0.2, 0) is 19.6 Å². The summed E-state index contributed by atoms with van der Waals surface area (Å²) < 4.78 is 36.6. The lowest BCUT2D eigenvalue weighted by molar-refractivity contribution is -0.132. The van der Waals surface area contributed by atoms with E-state index in [0.29, 0.717) is 25.4 Å². The number of hydrogen-bond acceptors (Lipinski definition) is 5. The van der Waals surface area contributed by atoms with E-state index >= 15 is 0 Å². The van der Waals surface area contributed by atoms with Crippen molar-refractivity contribution in [1.82, 2.24) is 9.62 Å². The number of rotatable bonds is 10. The molecule has 0 aliphatic carbocycles. The first kappa shape index (κ1) is 19.4. The fourth-order valence-corrected chi connectivity index (χ4v) is 2.90. The quantitative estimate of drug-likeness (QED) is 0.636. The average Bonchev–Trinajstić information content (AvgIpc) is 2.54. The smallest absolute Gasteiger partial charge is 0.260 e. The van der Waals surface area contributed by atoms with Crippen molar-refractivity contribution in [2.45, 2.75) is 18.7 Å². The number of nitrogens with one attached hydrogen (secondary N) is 1. The predicted molar refractivity (Wildman–Crippen MR) is 86.9 cm³/mol. The molecule has 23 heavy (non-hydrogen) atoms. The van der Waals surface area contributed by atoms with Gasteiger partial charge in [0.1, 0.15) is 5.75 Å². The van der Waals surface area contributed by atoms with E-state index in [9.17, 15) is 13.2 Å². The van der Waals surface area contributed by atoms with Gasteiger partial charge in [-0.15, -0.1) is 0 Å². The minimum atomic E-state index is -3.56. The molecular formula is C15H24N2O5S. The molecule has 0 aliphatic heterocycles. The van der Waals surface area contributed by atoms with Crippen LogP contribution in [-0.4, -0.2) is 59.2 Å². The number of carbonyl (C=O) groups excluding carboxylic acids is 1. The second kappa shape index (κ2) is 9.49. The number of sulfonamides is 1. The Morgan fingerprint density at radius 1 is 1.17 bits per heavy atom. The molecule has 0 saturated heterocycles. The standard InChI is InChI=1S/C15H24N2O5S/c1-4-17(5-2)15(18)12-22-13-6-8-14(9-7-13)23(19,20)16-10-11-21-3/h6-9,16H,4-5,10-12H2,1-3H3. The Bertz CT molecular complexity index is 582. The maximum atomic E-state index is 12.0.